The SMILES string of the molecule is CCC(C)CC(C)Nc1ccc(C(=O)O)cc1. The van der Waals surface area contributed by atoms with Gasteiger partial charge in [0.1, 0.15) is 0 Å². The van der Waals surface area contributed by atoms with Crippen LogP contribution in [0.2, 0.25) is 0 Å². The van der Waals surface area contributed by atoms with E-state index in [0.29, 0.717) is 17.5 Å². The minimum Gasteiger partial charge on any atom is -0.478 e. The predicted octanol–water partition coefficient (Wildman–Crippen LogP) is 3.62. The average molecular weight is 235 g/mol. The highest BCUT2D eigenvalue weighted by atomic mass is 16.4. The molecule has 0 heterocycles. The van der Waals surface area contributed by atoms with Crippen LogP contribution in [0.1, 0.15) is 44.0 Å². The first-order chi connectivity index (χ1) is 8.02. The number of nitrogens with one attached hydrogen (secondary N) is 1. The Balaban J connectivity index is 2.54. The lowest BCUT2D eigenvalue weighted by Crippen LogP contribution is -2.18. The Hall–Kier alpha value is -1.51. The van der Waals surface area contributed by atoms with Crippen LogP contribution in [0.25, 0.3) is 0 Å². The summed E-state index contributed by atoms with van der Waals surface area (Å²) in [4.78, 5) is 10.7. The average Bonchev–Trinajstić information content (AvgIpc) is 2.29. The first-order valence-electron chi connectivity index (χ1n) is 6.12. The number of hydrogen-bond donors (Lipinski definition) is 2. The molecule has 0 bridgehead atoms. The first-order valence-corrected chi connectivity index (χ1v) is 6.12. The van der Waals surface area contributed by atoms with Crippen LogP contribution >= 0.6 is 0 Å². The van der Waals surface area contributed by atoms with Crippen molar-refractivity contribution in [1.29, 1.82) is 0 Å². The molecule has 1 rings (SSSR count). The zero-order valence-corrected chi connectivity index (χ0v) is 10.7. The van der Waals surface area contributed by atoms with Crippen LogP contribution in [0.5, 0.6) is 0 Å². The van der Waals surface area contributed by atoms with E-state index in [2.05, 4.69) is 26.1 Å². The van der Waals surface area contributed by atoms with Crippen molar-refractivity contribution in [3.05, 3.63) is 29.8 Å². The summed E-state index contributed by atoms with van der Waals surface area (Å²) < 4.78 is 0. The monoisotopic (exact) mass is 235 g/mol. The maximum atomic E-state index is 10.7. The van der Waals surface area contributed by atoms with Gasteiger partial charge in [-0.2, -0.15) is 0 Å². The van der Waals surface area contributed by atoms with Gasteiger partial charge in [0.15, 0.2) is 0 Å². The Morgan fingerprint density at radius 1 is 1.29 bits per heavy atom. The number of aromatic carboxylic acids is 1. The van der Waals surface area contributed by atoms with Gasteiger partial charge in [-0.25, -0.2) is 4.79 Å². The van der Waals surface area contributed by atoms with Gasteiger partial charge < -0.3 is 10.4 Å². The fraction of sp³-hybridized carbons (Fsp3) is 0.500. The van der Waals surface area contributed by atoms with Crippen molar-refractivity contribution in [2.75, 3.05) is 5.32 Å². The second kappa shape index (κ2) is 6.28. The molecule has 3 nitrogen and oxygen atoms in total. The number of hydrogen-bond acceptors (Lipinski definition) is 2. The van der Waals surface area contributed by atoms with Gasteiger partial charge in [0.2, 0.25) is 0 Å². The molecule has 0 aliphatic heterocycles. The summed E-state index contributed by atoms with van der Waals surface area (Å²) in [5.41, 5.74) is 1.30. The Bertz CT molecular complexity index is 359. The Labute approximate surface area is 103 Å². The molecule has 0 aliphatic rings. The third-order valence-electron chi connectivity index (χ3n) is 3.00. The van der Waals surface area contributed by atoms with Crippen LogP contribution in [0.4, 0.5) is 5.69 Å². The van der Waals surface area contributed by atoms with Gasteiger partial charge in [-0.15, -0.1) is 0 Å². The second-order valence-corrected chi connectivity index (χ2v) is 4.68. The molecule has 17 heavy (non-hydrogen) atoms. The molecule has 0 saturated heterocycles. The third kappa shape index (κ3) is 4.47. The molecule has 1 aromatic carbocycles. The summed E-state index contributed by atoms with van der Waals surface area (Å²) in [5, 5.41) is 12.2. The molecule has 3 heteroatoms. The standard InChI is InChI=1S/C14H21NO2/c1-4-10(2)9-11(3)15-13-7-5-12(6-8-13)14(16)17/h5-8,10-11,15H,4,9H2,1-3H3,(H,16,17). The lowest BCUT2D eigenvalue weighted by Gasteiger charge is -2.18. The highest BCUT2D eigenvalue weighted by molar-refractivity contribution is 5.87. The molecular formula is C14H21NO2. The smallest absolute Gasteiger partial charge is 0.335 e. The summed E-state index contributed by atoms with van der Waals surface area (Å²) >= 11 is 0. The summed E-state index contributed by atoms with van der Waals surface area (Å²) in [6.45, 7) is 6.59. The predicted molar refractivity (Wildman–Crippen MR) is 70.6 cm³/mol. The molecule has 2 N–H and O–H groups in total. The summed E-state index contributed by atoms with van der Waals surface area (Å²) in [6, 6.07) is 7.29. The Kier molecular flexibility index (Phi) is 5.01. The van der Waals surface area contributed by atoms with Gasteiger partial charge in [0, 0.05) is 11.7 Å². The van der Waals surface area contributed by atoms with Crippen molar-refractivity contribution in [1.82, 2.24) is 0 Å². The van der Waals surface area contributed by atoms with Crippen LogP contribution in [0, 0.1) is 5.92 Å². The highest BCUT2D eigenvalue weighted by Gasteiger charge is 2.07. The van der Waals surface area contributed by atoms with Crippen LogP contribution in [0.3, 0.4) is 0 Å². The van der Waals surface area contributed by atoms with Crippen molar-refractivity contribution in [2.24, 2.45) is 5.92 Å². The molecule has 1 aromatic rings. The molecule has 0 radical (unpaired) electrons. The van der Waals surface area contributed by atoms with Crippen LogP contribution in [-0.4, -0.2) is 17.1 Å². The quantitative estimate of drug-likeness (QED) is 0.791. The van der Waals surface area contributed by atoms with Gasteiger partial charge >= 0.3 is 5.97 Å². The van der Waals surface area contributed by atoms with Crippen molar-refractivity contribution in [2.45, 2.75) is 39.7 Å². The van der Waals surface area contributed by atoms with E-state index in [0.717, 1.165) is 12.1 Å². The van der Waals surface area contributed by atoms with E-state index in [-0.39, 0.29) is 0 Å². The number of benzene rings is 1. The fourth-order valence-electron chi connectivity index (χ4n) is 1.82. The summed E-state index contributed by atoms with van der Waals surface area (Å²) in [5.74, 6) is -0.181. The Morgan fingerprint density at radius 3 is 2.35 bits per heavy atom. The molecule has 0 aliphatic carbocycles. The normalized spacial score (nSPS) is 14.1. The minimum atomic E-state index is -0.885. The van der Waals surface area contributed by atoms with E-state index in [4.69, 9.17) is 5.11 Å². The number of anilines is 1. The number of carboxylic acid groups (broad SMARTS) is 1. The molecule has 0 aromatic heterocycles. The topological polar surface area (TPSA) is 49.3 Å². The van der Waals surface area contributed by atoms with Crippen LogP contribution < -0.4 is 5.32 Å². The zero-order chi connectivity index (χ0) is 12.8. The van der Waals surface area contributed by atoms with Crippen molar-refractivity contribution >= 4 is 11.7 Å². The fourth-order valence-corrected chi connectivity index (χ4v) is 1.82. The molecule has 0 saturated carbocycles. The lowest BCUT2D eigenvalue weighted by atomic mass is 10.0. The van der Waals surface area contributed by atoms with E-state index in [1.54, 1.807) is 12.1 Å². The molecule has 0 fully saturated rings. The van der Waals surface area contributed by atoms with Crippen molar-refractivity contribution < 1.29 is 9.90 Å². The number of carbonyl (C=O) groups is 1. The van der Waals surface area contributed by atoms with Gasteiger partial charge in [-0.3, -0.25) is 0 Å². The highest BCUT2D eigenvalue weighted by Crippen LogP contribution is 2.15. The summed E-state index contributed by atoms with van der Waals surface area (Å²) in [6.07, 6.45) is 2.31. The largest absolute Gasteiger partial charge is 0.478 e. The van der Waals surface area contributed by atoms with E-state index < -0.39 is 5.97 Å². The molecular weight excluding hydrogens is 214 g/mol. The summed E-state index contributed by atoms with van der Waals surface area (Å²) in [7, 11) is 0. The van der Waals surface area contributed by atoms with Gasteiger partial charge in [-0.05, 0) is 43.5 Å². The van der Waals surface area contributed by atoms with Crippen molar-refractivity contribution in [3.8, 4) is 0 Å². The van der Waals surface area contributed by atoms with Gasteiger partial charge in [-0.1, -0.05) is 20.3 Å². The molecule has 94 valence electrons. The minimum absolute atomic E-state index is 0.324. The van der Waals surface area contributed by atoms with E-state index in [9.17, 15) is 4.79 Å². The molecule has 2 atom stereocenters. The molecule has 0 amide bonds. The third-order valence-corrected chi connectivity index (χ3v) is 3.00. The zero-order valence-electron chi connectivity index (χ0n) is 10.7. The maximum Gasteiger partial charge on any atom is 0.335 e. The number of carboxylic acids is 1. The van der Waals surface area contributed by atoms with E-state index >= 15 is 0 Å². The maximum absolute atomic E-state index is 10.7. The van der Waals surface area contributed by atoms with Gasteiger partial charge in [0.25, 0.3) is 0 Å². The second-order valence-electron chi connectivity index (χ2n) is 4.68. The first kappa shape index (κ1) is 13.6. The van der Waals surface area contributed by atoms with E-state index in [1.807, 2.05) is 12.1 Å². The van der Waals surface area contributed by atoms with Crippen LogP contribution in [-0.2, 0) is 0 Å². The van der Waals surface area contributed by atoms with Crippen molar-refractivity contribution in [3.63, 3.8) is 0 Å². The van der Waals surface area contributed by atoms with E-state index in [1.165, 1.54) is 6.42 Å². The molecule has 2 unspecified atom stereocenters. The lowest BCUT2D eigenvalue weighted by molar-refractivity contribution is 0.0697. The Morgan fingerprint density at radius 2 is 1.88 bits per heavy atom. The molecule has 0 spiro atoms. The number of rotatable bonds is 6. The van der Waals surface area contributed by atoms with Gasteiger partial charge in [0.05, 0.1) is 5.56 Å². The van der Waals surface area contributed by atoms with Crippen LogP contribution in [0.15, 0.2) is 24.3 Å².